The predicted octanol–water partition coefficient (Wildman–Crippen LogP) is 0.106. The van der Waals surface area contributed by atoms with Gasteiger partial charge in [0.05, 0.1) is 55.7 Å². The number of rotatable bonds is 24. The van der Waals surface area contributed by atoms with E-state index in [-0.39, 0.29) is 94.9 Å². The van der Waals surface area contributed by atoms with Crippen LogP contribution in [0.1, 0.15) is 140 Å². The molecule has 8 rings (SSSR count). The maximum Gasteiger partial charge on any atom is 0.246 e. The number of aliphatic hydroxyl groups is 1. The minimum Gasteiger partial charge on any atom is -0.394 e. The summed E-state index contributed by atoms with van der Waals surface area (Å²) >= 11 is 0.854. The first-order valence-electron chi connectivity index (χ1n) is 43.4. The normalized spacial score (nSPS) is 23.9. The fourth-order valence-electron chi connectivity index (χ4n) is 15.9. The van der Waals surface area contributed by atoms with Gasteiger partial charge in [-0.1, -0.05) is 100 Å². The van der Waals surface area contributed by atoms with Gasteiger partial charge in [0.1, 0.15) is 48.3 Å². The van der Waals surface area contributed by atoms with E-state index in [1.165, 1.54) is 64.4 Å². The van der Waals surface area contributed by atoms with E-state index in [0.717, 1.165) is 26.5 Å². The number of benzene rings is 3. The number of imidazole rings is 1. The van der Waals surface area contributed by atoms with Gasteiger partial charge in [0.15, 0.2) is 23.3 Å². The molecule has 1 unspecified atom stereocenters. The molecule has 19 N–H and O–H groups in total. The number of hydrogen-bond acceptors (Lipinski definition) is 21. The number of nitrogens with two attached hydrogens (primary N) is 3. The molecule has 0 spiro atoms. The maximum absolute atomic E-state index is 15.3. The van der Waals surface area contributed by atoms with Gasteiger partial charge < -0.3 is 104 Å². The number of carbonyl (C=O) groups is 17. The highest BCUT2D eigenvalue weighted by Gasteiger charge is 2.44. The number of aromatic nitrogens is 4. The number of guanidine groups is 1. The number of Topliss-reactive ketones (excluding diaryl/α,β-unsaturated/α-hetero) is 3. The topological polar surface area (TPSA) is 585 Å². The molecule has 0 aliphatic carbocycles. The minimum absolute atomic E-state index is 0.00591. The summed E-state index contributed by atoms with van der Waals surface area (Å²) in [6.07, 6.45) is 3.93. The molecule has 2 saturated heterocycles. The van der Waals surface area contributed by atoms with E-state index in [4.69, 9.17) is 22.6 Å². The molecule has 0 bridgehead atoms. The van der Waals surface area contributed by atoms with E-state index in [9.17, 15) is 72.2 Å². The van der Waals surface area contributed by atoms with Gasteiger partial charge in [0, 0.05) is 150 Å². The first-order valence-corrected chi connectivity index (χ1v) is 44.5. The molecule has 14 amide bonds. The lowest BCUT2D eigenvalue weighted by atomic mass is 9.90. The molecular formula is C89H123N21O18S. The Morgan fingerprint density at radius 2 is 1.15 bits per heavy atom. The fraction of sp³-hybridized carbons (Fsp3) is 0.517. The van der Waals surface area contributed by atoms with Crippen LogP contribution in [0, 0.1) is 23.2 Å². The molecule has 129 heavy (non-hydrogen) atoms. The van der Waals surface area contributed by atoms with Crippen LogP contribution in [-0.2, 0) is 107 Å². The quantitative estimate of drug-likeness (QED) is 0.0217. The average molecular weight is 1810 g/mol. The van der Waals surface area contributed by atoms with Gasteiger partial charge in [-0.15, -0.1) is 11.8 Å². The number of para-hydroxylation sites is 2. The molecule has 2 aliphatic rings. The highest BCUT2D eigenvalue weighted by Crippen LogP contribution is 2.28. The molecule has 0 saturated carbocycles. The van der Waals surface area contributed by atoms with Crippen molar-refractivity contribution in [3.63, 3.8) is 0 Å². The number of aliphatic hydroxyl groups excluding tert-OH is 1. The number of primary amides is 2. The molecule has 0 radical (unpaired) electrons. The Balaban J connectivity index is 1.16. The van der Waals surface area contributed by atoms with Crippen LogP contribution < -0.4 is 59.7 Å². The van der Waals surface area contributed by atoms with Gasteiger partial charge in [0.2, 0.25) is 82.7 Å². The molecule has 39 nitrogen and oxygen atoms in total. The van der Waals surface area contributed by atoms with Crippen molar-refractivity contribution in [3.8, 4) is 0 Å². The van der Waals surface area contributed by atoms with Crippen molar-refractivity contribution < 1.29 is 86.6 Å². The van der Waals surface area contributed by atoms with Crippen molar-refractivity contribution in [1.29, 1.82) is 5.41 Å². The van der Waals surface area contributed by atoms with E-state index < -0.39 is 229 Å². The summed E-state index contributed by atoms with van der Waals surface area (Å²) in [6, 6.07) is 6.55. The Hall–Kier alpha value is -12.9. The number of ketones is 3. The third-order valence-corrected chi connectivity index (χ3v) is 24.4. The number of thioether (sulfide) groups is 1. The van der Waals surface area contributed by atoms with E-state index in [0.29, 0.717) is 57.0 Å². The van der Waals surface area contributed by atoms with Gasteiger partial charge in [-0.25, -0.2) is 4.98 Å². The summed E-state index contributed by atoms with van der Waals surface area (Å²) in [4.78, 5) is 266. The lowest BCUT2D eigenvalue weighted by molar-refractivity contribution is -0.148. The number of nitrogens with zero attached hydrogens (tertiary/aromatic N) is 6. The van der Waals surface area contributed by atoms with Crippen molar-refractivity contribution in [2.24, 2.45) is 35.0 Å². The molecule has 5 heterocycles. The first-order chi connectivity index (χ1) is 61.4. The fourth-order valence-corrected chi connectivity index (χ4v) is 16.8. The zero-order valence-corrected chi connectivity index (χ0v) is 75.2. The van der Waals surface area contributed by atoms with E-state index in [1.807, 2.05) is 6.92 Å². The SMILES string of the molecule is CCCC[C@H]1C(=O)C[C@@H](CCCNC(=N)N)C(=O)N[C@H](C(=O)CCC(N)=O)CSCC(=O)N[C@@H](Cc2ccccc2)C(=O)N(C)[C@@H](C)C(=O)N[C@@H](CC(N)=O)C(=O)N2CCCC2C(=O)C[C@@H](Cc2cnc[nH]2)C(=O)N[C@@H](CC(C)C)C(=O)N(C)CC(=O)N[C@@H](Cc2c[nH]c3ccccc23)C(=O)N[C@@H](CO)C(=O)N[C@@H](Cc2c[nH]c3ccccc23)C(=O)N(C)[C@@H](C)C(=O)N1C. The van der Waals surface area contributed by atoms with Crippen LogP contribution in [0.15, 0.2) is 104 Å². The summed E-state index contributed by atoms with van der Waals surface area (Å²) in [5.74, 6) is -18.1. The number of hydrogen-bond donors (Lipinski definition) is 16. The molecule has 40 heteroatoms. The van der Waals surface area contributed by atoms with Gasteiger partial charge in [-0.2, -0.15) is 0 Å². The van der Waals surface area contributed by atoms with Crippen LogP contribution in [0.2, 0.25) is 0 Å². The summed E-state index contributed by atoms with van der Waals surface area (Å²) in [6.45, 7) is 6.38. The number of likely N-dealkylation sites (N-methyl/N-ethyl adjacent to an activating group) is 4. The van der Waals surface area contributed by atoms with Crippen LogP contribution >= 0.6 is 11.8 Å². The molecule has 13 atom stereocenters. The second-order valence-corrected chi connectivity index (χ2v) is 34.6. The van der Waals surface area contributed by atoms with Gasteiger partial charge >= 0.3 is 0 Å². The third kappa shape index (κ3) is 29.3. The summed E-state index contributed by atoms with van der Waals surface area (Å²) in [7, 11) is 5.25. The monoisotopic (exact) mass is 1810 g/mol. The number of nitrogens with one attached hydrogen (secondary N) is 12. The van der Waals surface area contributed by atoms with Crippen molar-refractivity contribution >= 4 is 140 Å². The molecular weight excluding hydrogens is 1680 g/mol. The standard InChI is InChI=1S/C89H123N21O18S/c1-10-11-28-70-73(113)39-54(23-19-32-95-89(92)93)80(120)105-69(72(112)30-31-75(90)115)47-129-48-78(118)100-65(35-53-21-13-12-14-22-53)86(126)107(7)51(4)79(119)101-67(41-76(91)116)88(128)110-33-20-29-71(110)74(114)40-55(36-58-44-94-49-98-58)81(121)102-64(34-50(2)3)85(125)106(6)45-77(117)99-63(37-56-42-96-61-26-17-15-24-59(56)61)82(122)104-68(46-111)83(123)103-66(87(127)108(8)52(5)84(124)109(70)9)38-57-43-97-62-27-18-16-25-60(57)62/h12-18,21-22,24-27,42-44,49-52,54-55,63-71,96-97,111H,10-11,19-20,23,28-41,45-48H2,1-9H3,(H2,90,115)(H2,91,116)(H,94,98)(H,99,117)(H,100,118)(H,101,119)(H,102,121)(H,103,123)(H,104,122)(H,105,120)(H4,92,93,95)/t51-,52-,54+,55+,63-,64-,65-,66-,67-,68-,69-,70-,71?/m0/s1. The zero-order chi connectivity index (χ0) is 94.5. The number of H-pyrrole nitrogens is 3. The Morgan fingerprint density at radius 3 is 1.75 bits per heavy atom. The number of unbranched alkanes of at least 4 members (excludes halogenated alkanes) is 1. The molecule has 6 aromatic rings. The van der Waals surface area contributed by atoms with Gasteiger partial charge in [-0.05, 0) is 87.1 Å². The number of aromatic amines is 3. The van der Waals surface area contributed by atoms with Crippen LogP contribution in [0.3, 0.4) is 0 Å². The minimum atomic E-state index is -1.83. The number of fused-ring (bicyclic) bond motifs is 3. The van der Waals surface area contributed by atoms with Crippen molar-refractivity contribution in [2.45, 2.75) is 210 Å². The predicted molar refractivity (Wildman–Crippen MR) is 479 cm³/mol. The van der Waals surface area contributed by atoms with Crippen molar-refractivity contribution in [1.82, 2.24) is 87.0 Å². The van der Waals surface area contributed by atoms with E-state index in [1.54, 1.807) is 105 Å². The van der Waals surface area contributed by atoms with E-state index in [2.05, 4.69) is 62.5 Å². The van der Waals surface area contributed by atoms with Gasteiger partial charge in [0.25, 0.3) is 0 Å². The second-order valence-electron chi connectivity index (χ2n) is 33.5. The van der Waals surface area contributed by atoms with Crippen molar-refractivity contribution in [2.75, 3.05) is 65.9 Å². The summed E-state index contributed by atoms with van der Waals surface area (Å²) in [5, 5.41) is 41.6. The van der Waals surface area contributed by atoms with Crippen LogP contribution in [0.5, 0.6) is 0 Å². The summed E-state index contributed by atoms with van der Waals surface area (Å²) < 4.78 is 0. The highest BCUT2D eigenvalue weighted by atomic mass is 32.2. The Bertz CT molecular complexity index is 4980. The second kappa shape index (κ2) is 48.9. The molecule has 3 aromatic carbocycles. The number of carbonyl (C=O) groups excluding carboxylic acids is 17. The van der Waals surface area contributed by atoms with Crippen LogP contribution in [0.25, 0.3) is 21.8 Å². The third-order valence-electron chi connectivity index (χ3n) is 23.4. The smallest absolute Gasteiger partial charge is 0.246 e. The van der Waals surface area contributed by atoms with Crippen LogP contribution in [0.4, 0.5) is 0 Å². The Kier molecular flexibility index (Phi) is 38.5. The molecule has 2 aliphatic heterocycles. The average Bonchev–Trinajstić information content (AvgIpc) is 1.75. The molecule has 698 valence electrons. The van der Waals surface area contributed by atoms with Gasteiger partial charge in [-0.3, -0.25) is 86.9 Å². The highest BCUT2D eigenvalue weighted by molar-refractivity contribution is 8.00. The summed E-state index contributed by atoms with van der Waals surface area (Å²) in [5.41, 5.74) is 20.2. The lowest BCUT2D eigenvalue weighted by Crippen LogP contribution is -2.60. The Labute approximate surface area is 752 Å². The Morgan fingerprint density at radius 1 is 0.574 bits per heavy atom. The first kappa shape index (κ1) is 102. The number of amides is 14. The largest absolute Gasteiger partial charge is 0.394 e. The molecule has 2 fully saturated rings. The molecule has 3 aromatic heterocycles. The van der Waals surface area contributed by atoms with E-state index >= 15 is 14.4 Å². The van der Waals surface area contributed by atoms with Crippen molar-refractivity contribution in [3.05, 3.63) is 126 Å². The zero-order valence-electron chi connectivity index (χ0n) is 74.4. The van der Waals surface area contributed by atoms with Crippen LogP contribution in [-0.4, -0.2) is 288 Å². The lowest BCUT2D eigenvalue weighted by Gasteiger charge is -2.35. The maximum atomic E-state index is 15.3.